The fourth-order valence-electron chi connectivity index (χ4n) is 2.06. The Bertz CT molecular complexity index is 549. The van der Waals surface area contributed by atoms with Crippen molar-refractivity contribution in [1.29, 1.82) is 0 Å². The van der Waals surface area contributed by atoms with Crippen LogP contribution in [-0.2, 0) is 31.3 Å². The van der Waals surface area contributed by atoms with Crippen molar-refractivity contribution >= 4 is 0 Å². The summed E-state index contributed by atoms with van der Waals surface area (Å²) in [5.74, 6) is 0.162. The second-order valence-electron chi connectivity index (χ2n) is 7.54. The number of allylic oxidation sites excluding steroid dienone is 4. The predicted molar refractivity (Wildman–Crippen MR) is 85.1 cm³/mol. The number of rotatable bonds is 0. The number of benzene rings is 1. The van der Waals surface area contributed by atoms with Crippen LogP contribution in [0.3, 0.4) is 0 Å². The first-order valence-electron chi connectivity index (χ1n) is 7.41. The van der Waals surface area contributed by atoms with Crippen LogP contribution in [0.1, 0.15) is 59.1 Å². The molecule has 126 valence electrons. The molecular formula is C19H26Cl2OTi. The second kappa shape index (κ2) is 9.94. The second-order valence-corrected chi connectivity index (χ2v) is 8.54. The Balaban J connectivity index is 0. The first kappa shape index (κ1) is 25.0. The van der Waals surface area contributed by atoms with E-state index in [0.29, 0.717) is 0 Å². The third kappa shape index (κ3) is 8.45. The summed E-state index contributed by atoms with van der Waals surface area (Å²) in [6.07, 6.45) is 7.56. The van der Waals surface area contributed by atoms with Crippen molar-refractivity contribution in [2.45, 2.75) is 58.8 Å². The van der Waals surface area contributed by atoms with E-state index in [1.807, 2.05) is 6.07 Å². The van der Waals surface area contributed by atoms with Gasteiger partial charge in [0.1, 0.15) is 0 Å². The molecule has 0 atom stereocenters. The number of hydrogen-bond acceptors (Lipinski definition) is 1. The van der Waals surface area contributed by atoms with E-state index in [-0.39, 0.29) is 41.4 Å². The monoisotopic (exact) mass is 388 g/mol. The topological polar surface area (TPSA) is 23.1 Å². The van der Waals surface area contributed by atoms with E-state index in [2.05, 4.69) is 86.3 Å². The number of halogens is 2. The summed E-state index contributed by atoms with van der Waals surface area (Å²) in [7, 11) is 0. The van der Waals surface area contributed by atoms with Crippen molar-refractivity contribution in [1.82, 2.24) is 0 Å². The molecule has 0 unspecified atom stereocenters. The normalized spacial score (nSPS) is 13.3. The van der Waals surface area contributed by atoms with Gasteiger partial charge in [-0.15, -0.1) is 5.75 Å². The molecule has 0 aliphatic heterocycles. The zero-order chi connectivity index (χ0) is 16.3. The van der Waals surface area contributed by atoms with Gasteiger partial charge in [-0.25, -0.2) is 0 Å². The molecule has 1 aromatic carbocycles. The van der Waals surface area contributed by atoms with Crippen LogP contribution in [0.4, 0.5) is 0 Å². The molecule has 0 fully saturated rings. The summed E-state index contributed by atoms with van der Waals surface area (Å²) in [6, 6.07) is 5.82. The molecule has 1 nitrogen and oxygen atoms in total. The number of hydrogen-bond donors (Lipinski definition) is 0. The van der Waals surface area contributed by atoms with Gasteiger partial charge in [-0.2, -0.15) is 0 Å². The van der Waals surface area contributed by atoms with Crippen LogP contribution in [0.15, 0.2) is 40.3 Å². The van der Waals surface area contributed by atoms with Crippen LogP contribution in [-0.4, -0.2) is 0 Å². The van der Waals surface area contributed by atoms with E-state index >= 15 is 0 Å². The van der Waals surface area contributed by atoms with Gasteiger partial charge < -0.3 is 29.9 Å². The molecule has 0 bridgehead atoms. The average molecular weight is 389 g/mol. The Labute approximate surface area is 165 Å². The average Bonchev–Trinajstić information content (AvgIpc) is 2.78. The Morgan fingerprint density at radius 1 is 0.957 bits per heavy atom. The summed E-state index contributed by atoms with van der Waals surface area (Å²) in [4.78, 5) is 0. The Morgan fingerprint density at radius 2 is 1.52 bits per heavy atom. The van der Waals surface area contributed by atoms with Gasteiger partial charge in [0.15, 0.2) is 0 Å². The zero-order valence-corrected chi connectivity index (χ0v) is 17.9. The third-order valence-electron chi connectivity index (χ3n) is 3.43. The van der Waals surface area contributed by atoms with E-state index < -0.39 is 0 Å². The summed E-state index contributed by atoms with van der Waals surface area (Å²) in [6.45, 7) is 12.6. The van der Waals surface area contributed by atoms with E-state index in [4.69, 9.17) is 0 Å². The first-order chi connectivity index (χ1) is 9.51. The van der Waals surface area contributed by atoms with Crippen molar-refractivity contribution < 1.29 is 50.4 Å². The molecule has 0 saturated heterocycles. The molecule has 0 spiro atoms. The molecule has 1 aliphatic carbocycles. The molecular weight excluding hydrogens is 363 g/mol. The fraction of sp³-hybridized carbons (Fsp3) is 0.474. The van der Waals surface area contributed by atoms with Gasteiger partial charge >= 0.3 is 49.0 Å². The van der Waals surface area contributed by atoms with Gasteiger partial charge in [-0.1, -0.05) is 65.3 Å². The van der Waals surface area contributed by atoms with E-state index in [1.165, 1.54) is 10.3 Å². The van der Waals surface area contributed by atoms with E-state index in [1.54, 1.807) is 6.07 Å². The molecule has 0 amide bonds. The molecule has 23 heavy (non-hydrogen) atoms. The minimum absolute atomic E-state index is 0. The van der Waals surface area contributed by atoms with E-state index in [0.717, 1.165) is 11.1 Å². The molecule has 0 N–H and O–H groups in total. The van der Waals surface area contributed by atoms with Gasteiger partial charge in [0.25, 0.3) is 0 Å². The van der Waals surface area contributed by atoms with Crippen molar-refractivity contribution in [2.75, 3.05) is 0 Å². The van der Waals surface area contributed by atoms with Gasteiger partial charge in [0.2, 0.25) is 0 Å². The maximum atomic E-state index is 11.9. The molecule has 0 heterocycles. The standard InChI is InChI=1S/C14H22O.C5H5.2ClH.Ti/c1-13(2,3)10-7-8-11(12(15)9-10)14(4,5)6;1-2-4-5-3-1;;;/h7-9,15H,1-6H3;1-3H,4H2;2*1H;/q;;;;+3/p-3. The van der Waals surface area contributed by atoms with Crippen molar-refractivity contribution in [3.05, 3.63) is 51.4 Å². The Kier molecular flexibility index (Phi) is 10.8. The molecule has 0 radical (unpaired) electrons. The van der Waals surface area contributed by atoms with Crippen LogP contribution in [0.5, 0.6) is 5.75 Å². The van der Waals surface area contributed by atoms with Gasteiger partial charge in [0, 0.05) is 0 Å². The SMILES string of the molecule is CC(C)(C)c1ccc(C(C)(C)C)c([O-])c1.[Cl-].[Cl-].[Ti+3][C]1=CC=CC1. The third-order valence-corrected chi connectivity index (χ3v) is 4.01. The van der Waals surface area contributed by atoms with Crippen LogP contribution < -0.4 is 29.9 Å². The molecule has 2 rings (SSSR count). The Hall–Kier alpha value is -0.206. The quantitative estimate of drug-likeness (QED) is 0.509. The predicted octanol–water partition coefficient (Wildman–Crippen LogP) is -1.26. The summed E-state index contributed by atoms with van der Waals surface area (Å²) in [5, 5.41) is 11.9. The first-order valence-corrected chi connectivity index (χ1v) is 8.19. The van der Waals surface area contributed by atoms with Crippen LogP contribution in [0.25, 0.3) is 0 Å². The van der Waals surface area contributed by atoms with Crippen LogP contribution in [0.2, 0.25) is 0 Å². The summed E-state index contributed by atoms with van der Waals surface area (Å²) in [5.41, 5.74) is 2.00. The van der Waals surface area contributed by atoms with Gasteiger partial charge in [-0.3, -0.25) is 0 Å². The summed E-state index contributed by atoms with van der Waals surface area (Å²) < 4.78 is 1.47. The maximum absolute atomic E-state index is 11.9. The summed E-state index contributed by atoms with van der Waals surface area (Å²) >= 11 is 2.14. The molecule has 0 aromatic heterocycles. The molecule has 1 aromatic rings. The van der Waals surface area contributed by atoms with E-state index in [9.17, 15) is 5.11 Å². The van der Waals surface area contributed by atoms with Crippen LogP contribution >= 0.6 is 0 Å². The van der Waals surface area contributed by atoms with Gasteiger partial charge in [-0.05, 0) is 16.4 Å². The van der Waals surface area contributed by atoms with Crippen molar-refractivity contribution in [2.24, 2.45) is 0 Å². The fourth-order valence-corrected chi connectivity index (χ4v) is 2.39. The Morgan fingerprint density at radius 3 is 1.78 bits per heavy atom. The molecule has 4 heteroatoms. The van der Waals surface area contributed by atoms with Gasteiger partial charge in [0.05, 0.1) is 0 Å². The van der Waals surface area contributed by atoms with Crippen molar-refractivity contribution in [3.8, 4) is 5.75 Å². The molecule has 0 saturated carbocycles. The zero-order valence-electron chi connectivity index (χ0n) is 14.8. The van der Waals surface area contributed by atoms with Crippen molar-refractivity contribution in [3.63, 3.8) is 0 Å². The minimum atomic E-state index is -0.0620. The van der Waals surface area contributed by atoms with Crippen LogP contribution in [0, 0.1) is 0 Å². The molecule has 1 aliphatic rings.